The SMILES string of the molecule is Cl.NCCCOc1ccccc1-c1ccccc1F. The molecule has 0 saturated carbocycles. The van der Waals surface area contributed by atoms with Crippen molar-refractivity contribution in [3.8, 4) is 16.9 Å². The highest BCUT2D eigenvalue weighted by Crippen LogP contribution is 2.31. The molecule has 2 aromatic carbocycles. The lowest BCUT2D eigenvalue weighted by molar-refractivity contribution is 0.314. The van der Waals surface area contributed by atoms with Gasteiger partial charge in [0.1, 0.15) is 11.6 Å². The number of ether oxygens (including phenoxy) is 1. The molecule has 4 heteroatoms. The number of benzene rings is 2. The molecule has 0 aromatic heterocycles. The van der Waals surface area contributed by atoms with E-state index < -0.39 is 0 Å². The summed E-state index contributed by atoms with van der Waals surface area (Å²) in [6.07, 6.45) is 0.783. The van der Waals surface area contributed by atoms with E-state index in [-0.39, 0.29) is 18.2 Å². The van der Waals surface area contributed by atoms with Crippen molar-refractivity contribution in [2.45, 2.75) is 6.42 Å². The van der Waals surface area contributed by atoms with Crippen LogP contribution in [0.15, 0.2) is 48.5 Å². The van der Waals surface area contributed by atoms with E-state index >= 15 is 0 Å². The fourth-order valence-corrected chi connectivity index (χ4v) is 1.76. The van der Waals surface area contributed by atoms with E-state index in [2.05, 4.69) is 0 Å². The number of halogens is 2. The Hall–Kier alpha value is -1.58. The van der Waals surface area contributed by atoms with Crippen LogP contribution in [0.3, 0.4) is 0 Å². The van der Waals surface area contributed by atoms with Crippen LogP contribution in [0.4, 0.5) is 4.39 Å². The second kappa shape index (κ2) is 7.77. The van der Waals surface area contributed by atoms with Crippen LogP contribution in [0.5, 0.6) is 5.75 Å². The molecular formula is C15H17ClFNO. The summed E-state index contributed by atoms with van der Waals surface area (Å²) in [7, 11) is 0. The minimum atomic E-state index is -0.243. The van der Waals surface area contributed by atoms with Crippen LogP contribution in [-0.2, 0) is 0 Å². The van der Waals surface area contributed by atoms with Gasteiger partial charge >= 0.3 is 0 Å². The first kappa shape index (κ1) is 15.5. The van der Waals surface area contributed by atoms with Crippen LogP contribution in [0.2, 0.25) is 0 Å². The first-order valence-corrected chi connectivity index (χ1v) is 5.99. The quantitative estimate of drug-likeness (QED) is 0.849. The summed E-state index contributed by atoms with van der Waals surface area (Å²) in [5.74, 6) is 0.448. The molecule has 0 spiro atoms. The zero-order valence-electron chi connectivity index (χ0n) is 10.5. The van der Waals surface area contributed by atoms with Crippen LogP contribution in [0.25, 0.3) is 11.1 Å². The highest BCUT2D eigenvalue weighted by molar-refractivity contribution is 5.85. The molecule has 0 atom stereocenters. The number of nitrogens with two attached hydrogens (primary N) is 1. The van der Waals surface area contributed by atoms with E-state index in [4.69, 9.17) is 10.5 Å². The Morgan fingerprint density at radius 3 is 2.26 bits per heavy atom. The van der Waals surface area contributed by atoms with Crippen molar-refractivity contribution >= 4 is 12.4 Å². The summed E-state index contributed by atoms with van der Waals surface area (Å²) in [6, 6.07) is 14.1. The summed E-state index contributed by atoms with van der Waals surface area (Å²) in [5, 5.41) is 0. The molecule has 0 radical (unpaired) electrons. The molecular weight excluding hydrogens is 265 g/mol. The van der Waals surface area contributed by atoms with Gasteiger partial charge in [-0.3, -0.25) is 0 Å². The summed E-state index contributed by atoms with van der Waals surface area (Å²) in [6.45, 7) is 1.13. The van der Waals surface area contributed by atoms with Crippen molar-refractivity contribution in [3.63, 3.8) is 0 Å². The molecule has 2 N–H and O–H groups in total. The molecule has 0 aliphatic heterocycles. The molecule has 2 nitrogen and oxygen atoms in total. The van der Waals surface area contributed by atoms with Gasteiger partial charge in [0.2, 0.25) is 0 Å². The van der Waals surface area contributed by atoms with Crippen molar-refractivity contribution < 1.29 is 9.13 Å². The molecule has 19 heavy (non-hydrogen) atoms. The molecule has 0 saturated heterocycles. The molecule has 0 unspecified atom stereocenters. The second-order valence-corrected chi connectivity index (χ2v) is 3.97. The molecule has 102 valence electrons. The predicted molar refractivity (Wildman–Crippen MR) is 78.3 cm³/mol. The molecule has 0 bridgehead atoms. The molecule has 0 heterocycles. The summed E-state index contributed by atoms with van der Waals surface area (Å²) in [5.41, 5.74) is 6.75. The van der Waals surface area contributed by atoms with E-state index in [1.807, 2.05) is 30.3 Å². The van der Waals surface area contributed by atoms with Crippen LogP contribution in [0.1, 0.15) is 6.42 Å². The molecule has 0 aliphatic rings. The molecule has 2 aromatic rings. The Morgan fingerprint density at radius 1 is 0.947 bits per heavy atom. The summed E-state index contributed by atoms with van der Waals surface area (Å²) in [4.78, 5) is 0. The number of hydrogen-bond donors (Lipinski definition) is 1. The van der Waals surface area contributed by atoms with Gasteiger partial charge in [0.05, 0.1) is 6.61 Å². The standard InChI is InChI=1S/C15H16FNO.ClH/c16-14-8-3-1-6-12(14)13-7-2-4-9-15(13)18-11-5-10-17;/h1-4,6-9H,5,10-11,17H2;1H. The molecule has 0 aliphatic carbocycles. The Kier molecular flexibility index (Phi) is 6.33. The van der Waals surface area contributed by atoms with E-state index in [0.717, 1.165) is 12.0 Å². The van der Waals surface area contributed by atoms with Gasteiger partial charge in [0, 0.05) is 11.1 Å². The highest BCUT2D eigenvalue weighted by atomic mass is 35.5. The smallest absolute Gasteiger partial charge is 0.131 e. The third kappa shape index (κ3) is 3.94. The predicted octanol–water partition coefficient (Wildman–Crippen LogP) is 3.64. The summed E-state index contributed by atoms with van der Waals surface area (Å²) < 4.78 is 19.4. The summed E-state index contributed by atoms with van der Waals surface area (Å²) >= 11 is 0. The minimum absolute atomic E-state index is 0. The highest BCUT2D eigenvalue weighted by Gasteiger charge is 2.09. The molecule has 2 rings (SSSR count). The molecule has 0 amide bonds. The maximum absolute atomic E-state index is 13.8. The van der Waals surface area contributed by atoms with Crippen LogP contribution in [-0.4, -0.2) is 13.2 Å². The Labute approximate surface area is 118 Å². The van der Waals surface area contributed by atoms with E-state index in [9.17, 15) is 4.39 Å². The number of rotatable bonds is 5. The van der Waals surface area contributed by atoms with Gasteiger partial charge in [-0.05, 0) is 25.1 Å². The maximum atomic E-state index is 13.8. The Balaban J connectivity index is 0.00000180. The van der Waals surface area contributed by atoms with Gasteiger partial charge in [-0.1, -0.05) is 36.4 Å². The van der Waals surface area contributed by atoms with Crippen molar-refractivity contribution in [2.75, 3.05) is 13.2 Å². The van der Waals surface area contributed by atoms with E-state index in [0.29, 0.717) is 24.5 Å². The zero-order valence-corrected chi connectivity index (χ0v) is 11.3. The van der Waals surface area contributed by atoms with Gasteiger partial charge in [-0.15, -0.1) is 12.4 Å². The fraction of sp³-hybridized carbons (Fsp3) is 0.200. The molecule has 0 fully saturated rings. The third-order valence-corrected chi connectivity index (χ3v) is 2.66. The zero-order chi connectivity index (χ0) is 12.8. The van der Waals surface area contributed by atoms with Crippen molar-refractivity contribution in [3.05, 3.63) is 54.3 Å². The normalized spacial score (nSPS) is 9.79. The second-order valence-electron chi connectivity index (χ2n) is 3.97. The van der Waals surface area contributed by atoms with Gasteiger partial charge in [-0.2, -0.15) is 0 Å². The van der Waals surface area contributed by atoms with Crippen LogP contribution in [0, 0.1) is 5.82 Å². The first-order chi connectivity index (χ1) is 8.83. The van der Waals surface area contributed by atoms with Crippen molar-refractivity contribution in [1.82, 2.24) is 0 Å². The Bertz CT molecular complexity index is 519. The van der Waals surface area contributed by atoms with Gasteiger partial charge in [-0.25, -0.2) is 4.39 Å². The van der Waals surface area contributed by atoms with E-state index in [1.165, 1.54) is 6.07 Å². The van der Waals surface area contributed by atoms with Gasteiger partial charge < -0.3 is 10.5 Å². The van der Waals surface area contributed by atoms with Crippen LogP contribution >= 0.6 is 12.4 Å². The topological polar surface area (TPSA) is 35.2 Å². The van der Waals surface area contributed by atoms with Crippen molar-refractivity contribution in [1.29, 1.82) is 0 Å². The largest absolute Gasteiger partial charge is 0.493 e. The first-order valence-electron chi connectivity index (χ1n) is 5.99. The van der Waals surface area contributed by atoms with Gasteiger partial charge in [0.15, 0.2) is 0 Å². The lowest BCUT2D eigenvalue weighted by Crippen LogP contribution is -2.06. The maximum Gasteiger partial charge on any atom is 0.131 e. The third-order valence-electron chi connectivity index (χ3n) is 2.66. The number of hydrogen-bond acceptors (Lipinski definition) is 2. The lowest BCUT2D eigenvalue weighted by atomic mass is 10.0. The minimum Gasteiger partial charge on any atom is -0.493 e. The van der Waals surface area contributed by atoms with Crippen molar-refractivity contribution in [2.24, 2.45) is 5.73 Å². The fourth-order valence-electron chi connectivity index (χ4n) is 1.76. The monoisotopic (exact) mass is 281 g/mol. The average molecular weight is 282 g/mol. The van der Waals surface area contributed by atoms with E-state index in [1.54, 1.807) is 12.1 Å². The Morgan fingerprint density at radius 2 is 1.58 bits per heavy atom. The van der Waals surface area contributed by atoms with Gasteiger partial charge in [0.25, 0.3) is 0 Å². The lowest BCUT2D eigenvalue weighted by Gasteiger charge is -2.11. The van der Waals surface area contributed by atoms with Crippen LogP contribution < -0.4 is 10.5 Å². The average Bonchev–Trinajstić information content (AvgIpc) is 2.40. The number of para-hydroxylation sites is 1.